The first-order valence-corrected chi connectivity index (χ1v) is 4.18. The van der Waals surface area contributed by atoms with E-state index in [2.05, 4.69) is 11.8 Å². The third kappa shape index (κ3) is 1.84. The summed E-state index contributed by atoms with van der Waals surface area (Å²) in [6, 6.07) is 0. The van der Waals surface area contributed by atoms with Gasteiger partial charge in [-0.25, -0.2) is 0 Å². The maximum atomic E-state index is 5.70. The molecule has 0 aromatic heterocycles. The lowest BCUT2D eigenvalue weighted by atomic mass is 10.2. The van der Waals surface area contributed by atoms with Gasteiger partial charge in [0, 0.05) is 12.4 Å². The highest BCUT2D eigenvalue weighted by molar-refractivity contribution is 6.18. The van der Waals surface area contributed by atoms with E-state index in [1.54, 1.807) is 0 Å². The Labute approximate surface area is 62.0 Å². The molecule has 0 spiro atoms. The van der Waals surface area contributed by atoms with Crippen LogP contribution in [-0.2, 0) is 0 Å². The van der Waals surface area contributed by atoms with Crippen molar-refractivity contribution < 1.29 is 0 Å². The van der Waals surface area contributed by atoms with Gasteiger partial charge in [0.25, 0.3) is 0 Å². The van der Waals surface area contributed by atoms with Crippen LogP contribution in [0.15, 0.2) is 0 Å². The molecule has 0 N–H and O–H groups in total. The monoisotopic (exact) mass is 147 g/mol. The number of halogens is 1. The maximum Gasteiger partial charge on any atom is 0.0264 e. The molecule has 2 heteroatoms. The molecule has 1 nitrogen and oxygen atoms in total. The lowest BCUT2D eigenvalue weighted by Crippen LogP contribution is -2.19. The summed E-state index contributed by atoms with van der Waals surface area (Å²) in [5.41, 5.74) is 0. The SMILES string of the molecule is CCN1CCC(CCl)C1. The molecule has 0 bridgehead atoms. The van der Waals surface area contributed by atoms with Crippen molar-refractivity contribution in [3.05, 3.63) is 0 Å². The van der Waals surface area contributed by atoms with Crippen LogP contribution in [0.5, 0.6) is 0 Å². The first kappa shape index (κ1) is 7.36. The summed E-state index contributed by atoms with van der Waals surface area (Å²) in [5, 5.41) is 0. The molecule has 1 atom stereocenters. The van der Waals surface area contributed by atoms with Crippen LogP contribution in [0.1, 0.15) is 13.3 Å². The summed E-state index contributed by atoms with van der Waals surface area (Å²) >= 11 is 5.70. The van der Waals surface area contributed by atoms with Gasteiger partial charge in [-0.1, -0.05) is 6.92 Å². The Kier molecular flexibility index (Phi) is 2.80. The smallest absolute Gasteiger partial charge is 0.0264 e. The molecule has 1 aliphatic heterocycles. The number of alkyl halides is 1. The van der Waals surface area contributed by atoms with E-state index in [0.29, 0.717) is 0 Å². The second-order valence-electron chi connectivity index (χ2n) is 2.70. The second kappa shape index (κ2) is 3.43. The fourth-order valence-electron chi connectivity index (χ4n) is 1.33. The Bertz CT molecular complexity index is 75.0. The van der Waals surface area contributed by atoms with Gasteiger partial charge in [0.1, 0.15) is 0 Å². The lowest BCUT2D eigenvalue weighted by molar-refractivity contribution is 0.347. The van der Waals surface area contributed by atoms with Gasteiger partial charge in [0.2, 0.25) is 0 Å². The van der Waals surface area contributed by atoms with Crippen LogP contribution in [-0.4, -0.2) is 30.4 Å². The van der Waals surface area contributed by atoms with Gasteiger partial charge in [-0.15, -0.1) is 11.6 Å². The Morgan fingerprint density at radius 2 is 2.44 bits per heavy atom. The molecule has 1 heterocycles. The molecule has 0 radical (unpaired) electrons. The zero-order valence-corrected chi connectivity index (χ0v) is 6.69. The lowest BCUT2D eigenvalue weighted by Gasteiger charge is -2.10. The molecule has 0 saturated carbocycles. The molecule has 0 aromatic carbocycles. The summed E-state index contributed by atoms with van der Waals surface area (Å²) in [6.45, 7) is 5.87. The average Bonchev–Trinajstić information content (AvgIpc) is 2.34. The normalized spacial score (nSPS) is 29.3. The van der Waals surface area contributed by atoms with E-state index in [9.17, 15) is 0 Å². The van der Waals surface area contributed by atoms with Crippen LogP contribution in [0.3, 0.4) is 0 Å². The van der Waals surface area contributed by atoms with Crippen LogP contribution in [0.4, 0.5) is 0 Å². The molecule has 0 amide bonds. The molecular formula is C7H14ClN. The van der Waals surface area contributed by atoms with E-state index in [0.717, 1.165) is 11.8 Å². The van der Waals surface area contributed by atoms with Gasteiger partial charge in [-0.3, -0.25) is 0 Å². The van der Waals surface area contributed by atoms with E-state index in [1.165, 1.54) is 26.1 Å². The predicted octanol–water partition coefficient (Wildman–Crippen LogP) is 1.57. The van der Waals surface area contributed by atoms with Crippen LogP contribution in [0.25, 0.3) is 0 Å². The first-order chi connectivity index (χ1) is 4.36. The molecule has 1 fully saturated rings. The van der Waals surface area contributed by atoms with Crippen LogP contribution >= 0.6 is 11.6 Å². The quantitative estimate of drug-likeness (QED) is 0.536. The number of nitrogens with zero attached hydrogens (tertiary/aromatic N) is 1. The zero-order valence-electron chi connectivity index (χ0n) is 5.94. The molecule has 1 aliphatic rings. The molecule has 9 heavy (non-hydrogen) atoms. The third-order valence-electron chi connectivity index (χ3n) is 2.04. The number of rotatable bonds is 2. The van der Waals surface area contributed by atoms with Gasteiger partial charge in [0.15, 0.2) is 0 Å². The minimum Gasteiger partial charge on any atom is -0.303 e. The van der Waals surface area contributed by atoms with E-state index < -0.39 is 0 Å². The number of hydrogen-bond donors (Lipinski definition) is 0. The highest BCUT2D eigenvalue weighted by Gasteiger charge is 2.19. The largest absolute Gasteiger partial charge is 0.303 e. The second-order valence-corrected chi connectivity index (χ2v) is 3.01. The van der Waals surface area contributed by atoms with Crippen molar-refractivity contribution in [3.63, 3.8) is 0 Å². The van der Waals surface area contributed by atoms with Crippen molar-refractivity contribution in [2.24, 2.45) is 5.92 Å². The molecule has 0 aromatic rings. The summed E-state index contributed by atoms with van der Waals surface area (Å²) < 4.78 is 0. The fourth-order valence-corrected chi connectivity index (χ4v) is 1.58. The van der Waals surface area contributed by atoms with Gasteiger partial charge in [-0.05, 0) is 25.4 Å². The molecule has 1 rings (SSSR count). The van der Waals surface area contributed by atoms with E-state index in [-0.39, 0.29) is 0 Å². The minimum atomic E-state index is 0.770. The van der Waals surface area contributed by atoms with Crippen molar-refractivity contribution in [2.45, 2.75) is 13.3 Å². The highest BCUT2D eigenvalue weighted by atomic mass is 35.5. The maximum absolute atomic E-state index is 5.70. The van der Waals surface area contributed by atoms with Crippen LogP contribution in [0, 0.1) is 5.92 Å². The zero-order chi connectivity index (χ0) is 6.69. The van der Waals surface area contributed by atoms with E-state index >= 15 is 0 Å². The highest BCUT2D eigenvalue weighted by Crippen LogP contribution is 2.16. The fraction of sp³-hybridized carbons (Fsp3) is 1.00. The van der Waals surface area contributed by atoms with E-state index in [1.807, 2.05) is 0 Å². The summed E-state index contributed by atoms with van der Waals surface area (Å²) in [4.78, 5) is 2.45. The minimum absolute atomic E-state index is 0.770. The van der Waals surface area contributed by atoms with Gasteiger partial charge in [0.05, 0.1) is 0 Å². The molecule has 0 aliphatic carbocycles. The molecule has 1 saturated heterocycles. The number of likely N-dealkylation sites (tertiary alicyclic amines) is 1. The van der Waals surface area contributed by atoms with Crippen molar-refractivity contribution in [1.29, 1.82) is 0 Å². The van der Waals surface area contributed by atoms with E-state index in [4.69, 9.17) is 11.6 Å². The van der Waals surface area contributed by atoms with Gasteiger partial charge < -0.3 is 4.90 Å². The Hall–Kier alpha value is 0.250. The molecule has 54 valence electrons. The van der Waals surface area contributed by atoms with Gasteiger partial charge in [-0.2, -0.15) is 0 Å². The summed E-state index contributed by atoms with van der Waals surface area (Å²) in [6.07, 6.45) is 1.30. The van der Waals surface area contributed by atoms with Crippen molar-refractivity contribution in [1.82, 2.24) is 4.90 Å². The topological polar surface area (TPSA) is 3.24 Å². The summed E-state index contributed by atoms with van der Waals surface area (Å²) in [5.74, 6) is 1.61. The standard InChI is InChI=1S/C7H14ClN/c1-2-9-4-3-7(5-8)6-9/h7H,2-6H2,1H3. The van der Waals surface area contributed by atoms with Crippen LogP contribution in [0.2, 0.25) is 0 Å². The summed E-state index contributed by atoms with van der Waals surface area (Å²) in [7, 11) is 0. The third-order valence-corrected chi connectivity index (χ3v) is 2.47. The Morgan fingerprint density at radius 3 is 2.78 bits per heavy atom. The Morgan fingerprint density at radius 1 is 1.67 bits per heavy atom. The average molecular weight is 148 g/mol. The molecule has 1 unspecified atom stereocenters. The number of hydrogen-bond acceptors (Lipinski definition) is 1. The van der Waals surface area contributed by atoms with Crippen LogP contribution < -0.4 is 0 Å². The van der Waals surface area contributed by atoms with Crippen molar-refractivity contribution in [2.75, 3.05) is 25.5 Å². The predicted molar refractivity (Wildman–Crippen MR) is 40.9 cm³/mol. The van der Waals surface area contributed by atoms with Crippen molar-refractivity contribution in [3.8, 4) is 0 Å². The molecular weight excluding hydrogens is 134 g/mol. The van der Waals surface area contributed by atoms with Gasteiger partial charge >= 0.3 is 0 Å². The van der Waals surface area contributed by atoms with Crippen molar-refractivity contribution >= 4 is 11.6 Å². The first-order valence-electron chi connectivity index (χ1n) is 3.65. The Balaban J connectivity index is 2.20.